The summed E-state index contributed by atoms with van der Waals surface area (Å²) in [6, 6.07) is 5.62. The van der Waals surface area contributed by atoms with Crippen LogP contribution in [0.1, 0.15) is 50.8 Å². The van der Waals surface area contributed by atoms with Crippen molar-refractivity contribution in [2.75, 3.05) is 19.7 Å². The summed E-state index contributed by atoms with van der Waals surface area (Å²) in [4.78, 5) is 13.8. The van der Waals surface area contributed by atoms with Gasteiger partial charge in [0, 0.05) is 25.4 Å². The Morgan fingerprint density at radius 2 is 1.97 bits per heavy atom. The monoisotopic (exact) mass is 413 g/mol. The second-order valence-corrected chi connectivity index (χ2v) is 9.24. The van der Waals surface area contributed by atoms with Crippen molar-refractivity contribution in [2.24, 2.45) is 5.41 Å². The van der Waals surface area contributed by atoms with E-state index in [2.05, 4.69) is 24.0 Å². The molecule has 2 heterocycles. The highest BCUT2D eigenvalue weighted by Gasteiger charge is 2.67. The van der Waals surface area contributed by atoms with Gasteiger partial charge in [-0.25, -0.2) is 8.78 Å². The molecule has 7 heteroatoms. The number of aromatic nitrogens is 2. The lowest BCUT2D eigenvalue weighted by Crippen LogP contribution is -2.57. The predicted octanol–water partition coefficient (Wildman–Crippen LogP) is 3.82. The number of carbonyl (C=O) groups is 1. The molecule has 0 unspecified atom stereocenters. The molecule has 2 fully saturated rings. The Morgan fingerprint density at radius 3 is 2.67 bits per heavy atom. The van der Waals surface area contributed by atoms with Crippen LogP contribution < -0.4 is 0 Å². The molecule has 1 saturated heterocycles. The maximum atomic E-state index is 14.3. The number of hydrogen-bond acceptors (Lipinski definition) is 4. The van der Waals surface area contributed by atoms with Crippen LogP contribution in [0.25, 0.3) is 11.3 Å². The Bertz CT molecular complexity index is 1020. The molecule has 2 aliphatic carbocycles. The van der Waals surface area contributed by atoms with Crippen molar-refractivity contribution in [1.29, 1.82) is 0 Å². The fraction of sp³-hybridized carbons (Fsp3) is 0.522. The molecule has 5 nitrogen and oxygen atoms in total. The van der Waals surface area contributed by atoms with Gasteiger partial charge < -0.3 is 9.64 Å². The van der Waals surface area contributed by atoms with Gasteiger partial charge in [-0.1, -0.05) is 19.9 Å². The number of morpholine rings is 1. The molecule has 158 valence electrons. The van der Waals surface area contributed by atoms with Gasteiger partial charge in [-0.15, -0.1) is 0 Å². The van der Waals surface area contributed by atoms with Crippen molar-refractivity contribution < 1.29 is 18.3 Å². The van der Waals surface area contributed by atoms with Gasteiger partial charge in [0.2, 0.25) is 5.91 Å². The lowest BCUT2D eigenvalue weighted by molar-refractivity contribution is -0.143. The van der Waals surface area contributed by atoms with E-state index < -0.39 is 11.6 Å². The first kappa shape index (κ1) is 19.5. The highest BCUT2D eigenvalue weighted by molar-refractivity contribution is 5.73. The maximum Gasteiger partial charge on any atom is 0.219 e. The third-order valence-electron chi connectivity index (χ3n) is 7.75. The SMILES string of the molecule is CC(=O)N1CCO[C@H]([C@@]23CC[C@@H](c4cc(-c5c(F)cccc5F)nnc42)C3(C)C)C1. The molecule has 0 radical (unpaired) electrons. The summed E-state index contributed by atoms with van der Waals surface area (Å²) in [6.45, 7) is 7.62. The second kappa shape index (κ2) is 6.54. The van der Waals surface area contributed by atoms with Crippen LogP contribution in [-0.2, 0) is 14.9 Å². The molecule has 30 heavy (non-hydrogen) atoms. The number of nitrogens with zero attached hydrogens (tertiary/aromatic N) is 3. The van der Waals surface area contributed by atoms with E-state index in [-0.39, 0.29) is 40.0 Å². The lowest BCUT2D eigenvalue weighted by Gasteiger charge is -2.47. The normalized spacial score (nSPS) is 29.2. The van der Waals surface area contributed by atoms with Crippen LogP contribution in [0, 0.1) is 17.0 Å². The highest BCUT2D eigenvalue weighted by Crippen LogP contribution is 2.69. The summed E-state index contributed by atoms with van der Waals surface area (Å²) in [5.41, 5.74) is 1.40. The van der Waals surface area contributed by atoms with Crippen LogP contribution in [0.3, 0.4) is 0 Å². The Labute approximate surface area is 174 Å². The van der Waals surface area contributed by atoms with Gasteiger partial charge in [-0.2, -0.15) is 10.2 Å². The number of ether oxygens (including phenoxy) is 1. The molecule has 3 aliphatic rings. The Hall–Kier alpha value is -2.41. The number of carbonyl (C=O) groups excluding carboxylic acids is 1. The Balaban J connectivity index is 1.62. The number of hydrogen-bond donors (Lipinski definition) is 0. The summed E-state index contributed by atoms with van der Waals surface area (Å²) in [7, 11) is 0. The molecule has 1 saturated carbocycles. The third kappa shape index (κ3) is 2.44. The van der Waals surface area contributed by atoms with Crippen molar-refractivity contribution in [1.82, 2.24) is 15.1 Å². The molecule has 2 bridgehead atoms. The van der Waals surface area contributed by atoms with Crippen molar-refractivity contribution >= 4 is 5.91 Å². The van der Waals surface area contributed by atoms with E-state index in [9.17, 15) is 13.6 Å². The van der Waals surface area contributed by atoms with Crippen LogP contribution in [0.2, 0.25) is 0 Å². The molecule has 3 atom stereocenters. The number of halogens is 2. The minimum atomic E-state index is -0.644. The lowest BCUT2D eigenvalue weighted by atomic mass is 9.64. The molecule has 1 aromatic carbocycles. The van der Waals surface area contributed by atoms with Crippen LogP contribution in [0.4, 0.5) is 8.78 Å². The maximum absolute atomic E-state index is 14.3. The van der Waals surface area contributed by atoms with E-state index >= 15 is 0 Å². The minimum absolute atomic E-state index is 0.0433. The molecule has 2 aromatic rings. The summed E-state index contributed by atoms with van der Waals surface area (Å²) in [5.74, 6) is -1.04. The summed E-state index contributed by atoms with van der Waals surface area (Å²) >= 11 is 0. The Kier molecular flexibility index (Phi) is 4.26. The van der Waals surface area contributed by atoms with E-state index in [1.807, 2.05) is 11.0 Å². The zero-order valence-electron chi connectivity index (χ0n) is 17.4. The molecule has 0 N–H and O–H groups in total. The van der Waals surface area contributed by atoms with Gasteiger partial charge in [-0.05, 0) is 47.9 Å². The van der Waals surface area contributed by atoms with Crippen molar-refractivity contribution in [3.8, 4) is 11.3 Å². The number of amides is 1. The average Bonchev–Trinajstić information content (AvgIpc) is 3.09. The highest BCUT2D eigenvalue weighted by atomic mass is 19.1. The fourth-order valence-corrected chi connectivity index (χ4v) is 6.18. The molecular weight excluding hydrogens is 388 g/mol. The molecule has 1 amide bonds. The van der Waals surface area contributed by atoms with Crippen molar-refractivity contribution in [3.63, 3.8) is 0 Å². The molecule has 0 spiro atoms. The Morgan fingerprint density at radius 1 is 1.23 bits per heavy atom. The number of fused-ring (bicyclic) bond motifs is 5. The van der Waals surface area contributed by atoms with Crippen LogP contribution >= 0.6 is 0 Å². The van der Waals surface area contributed by atoms with Crippen LogP contribution in [0.5, 0.6) is 0 Å². The van der Waals surface area contributed by atoms with Gasteiger partial charge in [0.05, 0.1) is 29.7 Å². The molecule has 1 aromatic heterocycles. The quantitative estimate of drug-likeness (QED) is 0.751. The van der Waals surface area contributed by atoms with Crippen molar-refractivity contribution in [3.05, 3.63) is 47.2 Å². The van der Waals surface area contributed by atoms with E-state index in [1.165, 1.54) is 18.2 Å². The van der Waals surface area contributed by atoms with Gasteiger partial charge in [0.25, 0.3) is 0 Å². The smallest absolute Gasteiger partial charge is 0.219 e. The fourth-order valence-electron chi connectivity index (χ4n) is 6.18. The zero-order valence-corrected chi connectivity index (χ0v) is 17.4. The van der Waals surface area contributed by atoms with E-state index in [1.54, 1.807) is 6.92 Å². The average molecular weight is 413 g/mol. The van der Waals surface area contributed by atoms with Gasteiger partial charge in [0.15, 0.2) is 0 Å². The second-order valence-electron chi connectivity index (χ2n) is 9.24. The predicted molar refractivity (Wildman–Crippen MR) is 107 cm³/mol. The largest absolute Gasteiger partial charge is 0.374 e. The van der Waals surface area contributed by atoms with E-state index in [4.69, 9.17) is 4.74 Å². The van der Waals surface area contributed by atoms with E-state index in [0.717, 1.165) is 24.1 Å². The summed E-state index contributed by atoms with van der Waals surface area (Å²) in [5, 5.41) is 8.80. The number of benzene rings is 1. The van der Waals surface area contributed by atoms with Gasteiger partial charge >= 0.3 is 0 Å². The van der Waals surface area contributed by atoms with Crippen molar-refractivity contribution in [2.45, 2.75) is 51.0 Å². The van der Waals surface area contributed by atoms with Gasteiger partial charge in [0.1, 0.15) is 11.6 Å². The third-order valence-corrected chi connectivity index (χ3v) is 7.75. The van der Waals surface area contributed by atoms with Crippen LogP contribution in [-0.4, -0.2) is 46.8 Å². The molecular formula is C23H25F2N3O2. The molecule has 5 rings (SSSR count). The summed E-state index contributed by atoms with van der Waals surface area (Å²) in [6.07, 6.45) is 1.67. The topological polar surface area (TPSA) is 55.3 Å². The number of rotatable bonds is 2. The zero-order chi connectivity index (χ0) is 21.3. The van der Waals surface area contributed by atoms with Gasteiger partial charge in [-0.3, -0.25) is 4.79 Å². The standard InChI is InChI=1S/C23H25F2N3O2/c1-13(29)28-9-10-30-19(12-28)23-8-7-15(22(23,2)3)14-11-18(26-27-21(14)23)20-16(24)5-4-6-17(20)25/h4-6,11,15,19H,7-10,12H2,1-3H3/t15-,19-,23-/m0/s1. The van der Waals surface area contributed by atoms with E-state index in [0.29, 0.717) is 19.7 Å². The minimum Gasteiger partial charge on any atom is -0.374 e. The first-order chi connectivity index (χ1) is 14.3. The first-order valence-corrected chi connectivity index (χ1v) is 10.5. The first-order valence-electron chi connectivity index (χ1n) is 10.5. The summed E-state index contributed by atoms with van der Waals surface area (Å²) < 4.78 is 34.9. The molecule has 1 aliphatic heterocycles. The van der Waals surface area contributed by atoms with Crippen LogP contribution in [0.15, 0.2) is 24.3 Å².